The lowest BCUT2D eigenvalue weighted by Crippen LogP contribution is -2.53. The highest BCUT2D eigenvalue weighted by Gasteiger charge is 2.44. The number of hydrogen-bond acceptors (Lipinski definition) is 4. The molecular formula is C26H29N3O4. The van der Waals surface area contributed by atoms with Gasteiger partial charge >= 0.3 is 0 Å². The molecule has 7 heteroatoms. The fourth-order valence-electron chi connectivity index (χ4n) is 4.59. The summed E-state index contributed by atoms with van der Waals surface area (Å²) < 4.78 is 0. The van der Waals surface area contributed by atoms with Crippen LogP contribution >= 0.6 is 0 Å². The molecule has 2 heterocycles. The Labute approximate surface area is 193 Å². The van der Waals surface area contributed by atoms with E-state index in [-0.39, 0.29) is 23.7 Å². The number of piperidine rings is 1. The van der Waals surface area contributed by atoms with Gasteiger partial charge in [-0.1, -0.05) is 44.2 Å². The number of amides is 4. The van der Waals surface area contributed by atoms with E-state index >= 15 is 0 Å². The van der Waals surface area contributed by atoms with Crippen LogP contribution in [0.3, 0.4) is 0 Å². The predicted molar refractivity (Wildman–Crippen MR) is 125 cm³/mol. The van der Waals surface area contributed by atoms with E-state index in [1.54, 1.807) is 29.2 Å². The Morgan fingerprint density at radius 3 is 2.00 bits per heavy atom. The lowest BCUT2D eigenvalue weighted by Gasteiger charge is -2.36. The maximum absolute atomic E-state index is 13.5. The monoisotopic (exact) mass is 447 g/mol. The Bertz CT molecular complexity index is 1020. The van der Waals surface area contributed by atoms with Gasteiger partial charge in [0.1, 0.15) is 6.04 Å². The van der Waals surface area contributed by atoms with Crippen molar-refractivity contribution in [1.82, 2.24) is 9.80 Å². The molecule has 0 unspecified atom stereocenters. The third kappa shape index (κ3) is 4.67. The first-order valence-corrected chi connectivity index (χ1v) is 11.5. The van der Waals surface area contributed by atoms with Gasteiger partial charge in [-0.3, -0.25) is 24.1 Å². The van der Waals surface area contributed by atoms with Crippen molar-refractivity contribution < 1.29 is 19.2 Å². The highest BCUT2D eigenvalue weighted by Crippen LogP contribution is 2.29. The zero-order valence-electron chi connectivity index (χ0n) is 19.0. The van der Waals surface area contributed by atoms with Crippen LogP contribution in [0, 0.1) is 11.8 Å². The normalized spacial score (nSPS) is 17.3. The van der Waals surface area contributed by atoms with Crippen LogP contribution in [0.4, 0.5) is 5.69 Å². The Balaban J connectivity index is 1.44. The molecule has 4 rings (SSSR count). The van der Waals surface area contributed by atoms with E-state index in [9.17, 15) is 19.2 Å². The summed E-state index contributed by atoms with van der Waals surface area (Å²) in [5.41, 5.74) is 1.45. The number of rotatable bonds is 6. The summed E-state index contributed by atoms with van der Waals surface area (Å²) >= 11 is 0. The van der Waals surface area contributed by atoms with Crippen molar-refractivity contribution in [1.29, 1.82) is 0 Å². The minimum atomic E-state index is -0.841. The second-order valence-electron chi connectivity index (χ2n) is 9.13. The van der Waals surface area contributed by atoms with Gasteiger partial charge in [0.2, 0.25) is 11.8 Å². The number of carbonyl (C=O) groups excluding carboxylic acids is 4. The number of fused-ring (bicyclic) bond motifs is 1. The Morgan fingerprint density at radius 2 is 1.45 bits per heavy atom. The molecule has 1 saturated heterocycles. The first-order chi connectivity index (χ1) is 15.9. The number of para-hydroxylation sites is 1. The first-order valence-electron chi connectivity index (χ1n) is 11.5. The number of imide groups is 1. The van der Waals surface area contributed by atoms with E-state index < -0.39 is 17.9 Å². The molecule has 2 aliphatic heterocycles. The molecule has 4 amide bonds. The number of likely N-dealkylation sites (tertiary alicyclic amines) is 1. The first kappa shape index (κ1) is 22.7. The van der Waals surface area contributed by atoms with Gasteiger partial charge in [-0.05, 0) is 49.4 Å². The third-order valence-corrected chi connectivity index (χ3v) is 6.34. The summed E-state index contributed by atoms with van der Waals surface area (Å²) in [6.45, 7) is 4.78. The maximum Gasteiger partial charge on any atom is 0.262 e. The molecule has 0 radical (unpaired) electrons. The molecular weight excluding hydrogens is 418 g/mol. The number of nitrogens with one attached hydrogen (secondary N) is 1. The zero-order chi connectivity index (χ0) is 23.5. The standard InChI is InChI=1S/C26H29N3O4/c1-17(2)16-22(29-24(31)20-10-6-7-11-21(20)25(29)32)26(33)28-14-12-18(13-15-28)23(30)27-19-8-4-3-5-9-19/h3-11,17-18,22H,12-16H2,1-2H3,(H,27,30)/t22-/m1/s1. The molecule has 2 aromatic carbocycles. The van der Waals surface area contributed by atoms with E-state index in [2.05, 4.69) is 5.32 Å². The van der Waals surface area contributed by atoms with E-state index in [1.165, 1.54) is 0 Å². The van der Waals surface area contributed by atoms with Crippen molar-refractivity contribution in [3.05, 3.63) is 65.7 Å². The average Bonchev–Trinajstić information content (AvgIpc) is 3.08. The van der Waals surface area contributed by atoms with E-state index in [1.807, 2.05) is 44.2 Å². The van der Waals surface area contributed by atoms with Crippen molar-refractivity contribution >= 4 is 29.3 Å². The van der Waals surface area contributed by atoms with Crippen LogP contribution in [-0.4, -0.2) is 52.6 Å². The number of anilines is 1. The van der Waals surface area contributed by atoms with E-state index in [0.29, 0.717) is 43.5 Å². The van der Waals surface area contributed by atoms with Crippen molar-refractivity contribution in [3.63, 3.8) is 0 Å². The molecule has 2 aliphatic rings. The summed E-state index contributed by atoms with van der Waals surface area (Å²) in [5.74, 6) is -1.15. The maximum atomic E-state index is 13.5. The molecule has 0 bridgehead atoms. The van der Waals surface area contributed by atoms with Gasteiger partial charge < -0.3 is 10.2 Å². The number of carbonyl (C=O) groups is 4. The summed E-state index contributed by atoms with van der Waals surface area (Å²) in [6, 6.07) is 15.2. The minimum absolute atomic E-state index is 0.0487. The van der Waals surface area contributed by atoms with Crippen LogP contribution in [0.25, 0.3) is 0 Å². The molecule has 2 aromatic rings. The topological polar surface area (TPSA) is 86.8 Å². The second kappa shape index (κ2) is 9.57. The fraction of sp³-hybridized carbons (Fsp3) is 0.385. The highest BCUT2D eigenvalue weighted by molar-refractivity contribution is 6.22. The van der Waals surface area contributed by atoms with Gasteiger partial charge in [-0.15, -0.1) is 0 Å². The Kier molecular flexibility index (Phi) is 6.58. The summed E-state index contributed by atoms with van der Waals surface area (Å²) in [4.78, 5) is 55.0. The third-order valence-electron chi connectivity index (χ3n) is 6.34. The molecule has 1 fully saturated rings. The summed E-state index contributed by atoms with van der Waals surface area (Å²) in [5, 5.41) is 2.93. The smallest absolute Gasteiger partial charge is 0.262 e. The fourth-order valence-corrected chi connectivity index (χ4v) is 4.59. The summed E-state index contributed by atoms with van der Waals surface area (Å²) in [7, 11) is 0. The Hall–Kier alpha value is -3.48. The van der Waals surface area contributed by atoms with Gasteiger partial charge in [-0.2, -0.15) is 0 Å². The van der Waals surface area contributed by atoms with Gasteiger partial charge in [0, 0.05) is 24.7 Å². The van der Waals surface area contributed by atoms with Gasteiger partial charge in [-0.25, -0.2) is 0 Å². The molecule has 33 heavy (non-hydrogen) atoms. The average molecular weight is 448 g/mol. The van der Waals surface area contributed by atoms with Gasteiger partial charge in [0.25, 0.3) is 11.8 Å². The van der Waals surface area contributed by atoms with E-state index in [0.717, 1.165) is 10.6 Å². The molecule has 1 atom stereocenters. The van der Waals surface area contributed by atoms with Crippen LogP contribution in [0.1, 0.15) is 53.8 Å². The molecule has 0 aromatic heterocycles. The van der Waals surface area contributed by atoms with E-state index in [4.69, 9.17) is 0 Å². The van der Waals surface area contributed by atoms with Crippen LogP contribution in [-0.2, 0) is 9.59 Å². The van der Waals surface area contributed by atoms with Crippen molar-refractivity contribution in [3.8, 4) is 0 Å². The number of benzene rings is 2. The van der Waals surface area contributed by atoms with Crippen LogP contribution < -0.4 is 5.32 Å². The largest absolute Gasteiger partial charge is 0.341 e. The number of hydrogen-bond donors (Lipinski definition) is 1. The van der Waals surface area contributed by atoms with Crippen LogP contribution in [0.5, 0.6) is 0 Å². The predicted octanol–water partition coefficient (Wildman–Crippen LogP) is 3.57. The van der Waals surface area contributed by atoms with Crippen molar-refractivity contribution in [2.24, 2.45) is 11.8 Å². The molecule has 172 valence electrons. The van der Waals surface area contributed by atoms with Crippen molar-refractivity contribution in [2.75, 3.05) is 18.4 Å². The van der Waals surface area contributed by atoms with Crippen LogP contribution in [0.2, 0.25) is 0 Å². The SMILES string of the molecule is CC(C)C[C@H](C(=O)N1CCC(C(=O)Nc2ccccc2)CC1)N1C(=O)c2ccccc2C1=O. The van der Waals surface area contributed by atoms with Gasteiger partial charge in [0.15, 0.2) is 0 Å². The Morgan fingerprint density at radius 1 is 0.909 bits per heavy atom. The second-order valence-corrected chi connectivity index (χ2v) is 9.13. The van der Waals surface area contributed by atoms with Crippen molar-refractivity contribution in [2.45, 2.75) is 39.2 Å². The highest BCUT2D eigenvalue weighted by atomic mass is 16.2. The van der Waals surface area contributed by atoms with Gasteiger partial charge in [0.05, 0.1) is 11.1 Å². The molecule has 0 aliphatic carbocycles. The lowest BCUT2D eigenvalue weighted by atomic mass is 9.94. The lowest BCUT2D eigenvalue weighted by molar-refractivity contribution is -0.138. The molecule has 7 nitrogen and oxygen atoms in total. The molecule has 0 saturated carbocycles. The zero-order valence-corrected chi connectivity index (χ0v) is 19.0. The number of nitrogens with zero attached hydrogens (tertiary/aromatic N) is 2. The quantitative estimate of drug-likeness (QED) is 0.686. The molecule has 0 spiro atoms. The van der Waals surface area contributed by atoms with Crippen LogP contribution in [0.15, 0.2) is 54.6 Å². The minimum Gasteiger partial charge on any atom is -0.341 e. The molecule has 1 N–H and O–H groups in total. The summed E-state index contributed by atoms with van der Waals surface area (Å²) in [6.07, 6.45) is 1.49.